The largest absolute Gasteiger partial charge is 0.384 e. The Morgan fingerprint density at radius 1 is 1.20 bits per heavy atom. The molecule has 1 aromatic heterocycles. The van der Waals surface area contributed by atoms with Crippen LogP contribution in [0.5, 0.6) is 0 Å². The highest BCUT2D eigenvalue weighted by atomic mass is 35.5. The van der Waals surface area contributed by atoms with Gasteiger partial charge in [-0.25, -0.2) is 0 Å². The second-order valence-corrected chi connectivity index (χ2v) is 5.60. The summed E-state index contributed by atoms with van der Waals surface area (Å²) < 4.78 is 5.24. The molecule has 0 atom stereocenters. The Kier molecular flexibility index (Phi) is 4.03. The van der Waals surface area contributed by atoms with E-state index < -0.39 is 0 Å². The number of piperidine rings is 1. The molecule has 3 rings (SSSR count). The van der Waals surface area contributed by atoms with Crippen LogP contribution in [0.15, 0.2) is 24.3 Å². The minimum absolute atomic E-state index is 0.471. The van der Waals surface area contributed by atoms with Crippen molar-refractivity contribution in [1.82, 2.24) is 10.2 Å². The molecule has 20 heavy (non-hydrogen) atoms. The Hall–Kier alpha value is -1.39. The number of ether oxygens (including phenoxy) is 1. The summed E-state index contributed by atoms with van der Waals surface area (Å²) in [5.74, 6) is 1.60. The second-order valence-electron chi connectivity index (χ2n) is 5.25. The first-order valence-electron chi connectivity index (χ1n) is 6.94. The number of nitrogens with zero attached hydrogens (tertiary/aromatic N) is 3. The standard InChI is InChI=1S/C15H18ClN3O/c1-20-10-11-6-8-19(9-7-11)15-13-5-3-2-4-12(13)14(16)17-18-15/h2-5,11H,6-10H2,1H3. The Balaban J connectivity index is 1.87. The van der Waals surface area contributed by atoms with Crippen molar-refractivity contribution in [3.63, 3.8) is 0 Å². The first-order chi connectivity index (χ1) is 9.79. The highest BCUT2D eigenvalue weighted by Gasteiger charge is 2.22. The average molecular weight is 292 g/mol. The quantitative estimate of drug-likeness (QED) is 0.871. The maximum atomic E-state index is 6.12. The molecule has 1 saturated heterocycles. The molecule has 106 valence electrons. The zero-order valence-electron chi connectivity index (χ0n) is 11.6. The molecule has 0 unspecified atom stereocenters. The fraction of sp³-hybridized carbons (Fsp3) is 0.467. The van der Waals surface area contributed by atoms with Crippen molar-refractivity contribution in [3.8, 4) is 0 Å². The van der Waals surface area contributed by atoms with Gasteiger partial charge in [-0.1, -0.05) is 35.9 Å². The predicted molar refractivity (Wildman–Crippen MR) is 81.4 cm³/mol. The summed E-state index contributed by atoms with van der Waals surface area (Å²) in [6, 6.07) is 8.05. The van der Waals surface area contributed by atoms with E-state index in [1.165, 1.54) is 0 Å². The van der Waals surface area contributed by atoms with Gasteiger partial charge in [0.15, 0.2) is 11.0 Å². The maximum absolute atomic E-state index is 6.12. The van der Waals surface area contributed by atoms with Crippen molar-refractivity contribution in [3.05, 3.63) is 29.4 Å². The number of halogens is 1. The van der Waals surface area contributed by atoms with E-state index in [0.717, 1.165) is 49.1 Å². The normalized spacial score (nSPS) is 16.8. The van der Waals surface area contributed by atoms with Gasteiger partial charge in [0.2, 0.25) is 0 Å². The number of benzene rings is 1. The van der Waals surface area contributed by atoms with Gasteiger partial charge in [-0.3, -0.25) is 0 Å². The molecule has 4 nitrogen and oxygen atoms in total. The third-order valence-corrected chi connectivity index (χ3v) is 4.22. The molecule has 1 fully saturated rings. The van der Waals surface area contributed by atoms with Crippen LogP contribution < -0.4 is 4.90 Å². The van der Waals surface area contributed by atoms with E-state index in [2.05, 4.69) is 21.2 Å². The summed E-state index contributed by atoms with van der Waals surface area (Å²) in [6.07, 6.45) is 2.26. The summed E-state index contributed by atoms with van der Waals surface area (Å²) in [7, 11) is 1.77. The zero-order valence-corrected chi connectivity index (χ0v) is 12.3. The molecule has 0 bridgehead atoms. The predicted octanol–water partition coefficient (Wildman–Crippen LogP) is 3.15. The summed E-state index contributed by atoms with van der Waals surface area (Å²) in [4.78, 5) is 2.30. The van der Waals surface area contributed by atoms with E-state index in [4.69, 9.17) is 16.3 Å². The van der Waals surface area contributed by atoms with Crippen molar-refractivity contribution < 1.29 is 4.74 Å². The molecular weight excluding hydrogens is 274 g/mol. The van der Waals surface area contributed by atoms with Crippen LogP contribution in [0, 0.1) is 5.92 Å². The molecule has 0 saturated carbocycles. The lowest BCUT2D eigenvalue weighted by Gasteiger charge is -2.32. The number of rotatable bonds is 3. The molecule has 0 spiro atoms. The lowest BCUT2D eigenvalue weighted by atomic mass is 9.97. The SMILES string of the molecule is COCC1CCN(c2nnc(Cl)c3ccccc23)CC1. The van der Waals surface area contributed by atoms with Crippen LogP contribution in [0.1, 0.15) is 12.8 Å². The maximum Gasteiger partial charge on any atom is 0.159 e. The Morgan fingerprint density at radius 3 is 2.60 bits per heavy atom. The molecule has 2 heterocycles. The van der Waals surface area contributed by atoms with Gasteiger partial charge in [-0.2, -0.15) is 0 Å². The molecule has 0 radical (unpaired) electrons. The van der Waals surface area contributed by atoms with Crippen LogP contribution in [0.2, 0.25) is 5.15 Å². The smallest absolute Gasteiger partial charge is 0.159 e. The van der Waals surface area contributed by atoms with Crippen LogP contribution >= 0.6 is 11.6 Å². The molecule has 2 aromatic rings. The van der Waals surface area contributed by atoms with E-state index in [9.17, 15) is 0 Å². The highest BCUT2D eigenvalue weighted by molar-refractivity contribution is 6.34. The molecule has 0 aliphatic carbocycles. The number of anilines is 1. The van der Waals surface area contributed by atoms with E-state index in [-0.39, 0.29) is 0 Å². The van der Waals surface area contributed by atoms with Gasteiger partial charge in [0.05, 0.1) is 0 Å². The minimum atomic E-state index is 0.471. The van der Waals surface area contributed by atoms with Crippen LogP contribution in [0.4, 0.5) is 5.82 Å². The summed E-state index contributed by atoms with van der Waals surface area (Å²) >= 11 is 6.12. The Labute approximate surface area is 123 Å². The van der Waals surface area contributed by atoms with Crippen molar-refractivity contribution >= 4 is 28.2 Å². The third kappa shape index (κ3) is 2.58. The number of hydrogen-bond donors (Lipinski definition) is 0. The second kappa shape index (κ2) is 5.94. The van der Waals surface area contributed by atoms with Gasteiger partial charge in [0.1, 0.15) is 0 Å². The zero-order chi connectivity index (χ0) is 13.9. The monoisotopic (exact) mass is 291 g/mol. The molecule has 5 heteroatoms. The van der Waals surface area contributed by atoms with Crippen LogP contribution in [0.25, 0.3) is 10.8 Å². The molecule has 0 N–H and O–H groups in total. The Morgan fingerprint density at radius 2 is 1.90 bits per heavy atom. The topological polar surface area (TPSA) is 38.2 Å². The summed E-state index contributed by atoms with van der Waals surface area (Å²) in [5.41, 5.74) is 0. The van der Waals surface area contributed by atoms with Gasteiger partial charge in [-0.05, 0) is 18.8 Å². The van der Waals surface area contributed by atoms with Gasteiger partial charge in [-0.15, -0.1) is 10.2 Å². The fourth-order valence-electron chi connectivity index (χ4n) is 2.84. The lowest BCUT2D eigenvalue weighted by molar-refractivity contribution is 0.139. The minimum Gasteiger partial charge on any atom is -0.384 e. The van der Waals surface area contributed by atoms with E-state index in [0.29, 0.717) is 11.1 Å². The average Bonchev–Trinajstić information content (AvgIpc) is 2.49. The first kappa shape index (κ1) is 13.6. The lowest BCUT2D eigenvalue weighted by Crippen LogP contribution is -2.35. The molecule has 0 amide bonds. The fourth-order valence-corrected chi connectivity index (χ4v) is 3.04. The number of aromatic nitrogens is 2. The van der Waals surface area contributed by atoms with Crippen molar-refractivity contribution in [2.45, 2.75) is 12.8 Å². The first-order valence-corrected chi connectivity index (χ1v) is 7.32. The third-order valence-electron chi connectivity index (χ3n) is 3.94. The van der Waals surface area contributed by atoms with Crippen molar-refractivity contribution in [2.24, 2.45) is 5.92 Å². The Bertz CT molecular complexity index is 597. The molecule has 1 aromatic carbocycles. The molecule has 1 aliphatic heterocycles. The van der Waals surface area contributed by atoms with Crippen molar-refractivity contribution in [1.29, 1.82) is 0 Å². The molecule has 1 aliphatic rings. The number of hydrogen-bond acceptors (Lipinski definition) is 4. The van der Waals surface area contributed by atoms with Gasteiger partial charge in [0.25, 0.3) is 0 Å². The molecular formula is C15H18ClN3O. The van der Waals surface area contributed by atoms with Gasteiger partial charge < -0.3 is 9.64 Å². The van der Waals surface area contributed by atoms with Crippen molar-refractivity contribution in [2.75, 3.05) is 31.7 Å². The summed E-state index contributed by atoms with van der Waals surface area (Å²) in [6.45, 7) is 2.84. The van der Waals surface area contributed by atoms with Gasteiger partial charge >= 0.3 is 0 Å². The van der Waals surface area contributed by atoms with Crippen LogP contribution in [-0.2, 0) is 4.74 Å². The van der Waals surface area contributed by atoms with Gasteiger partial charge in [0, 0.05) is 37.6 Å². The van der Waals surface area contributed by atoms with E-state index in [1.807, 2.05) is 18.2 Å². The number of fused-ring (bicyclic) bond motifs is 1. The van der Waals surface area contributed by atoms with Crippen LogP contribution in [0.3, 0.4) is 0 Å². The summed E-state index contributed by atoms with van der Waals surface area (Å²) in [5, 5.41) is 10.9. The van der Waals surface area contributed by atoms with E-state index in [1.54, 1.807) is 7.11 Å². The van der Waals surface area contributed by atoms with Crippen LogP contribution in [-0.4, -0.2) is 37.0 Å². The number of methoxy groups -OCH3 is 1. The van der Waals surface area contributed by atoms with E-state index >= 15 is 0 Å². The highest BCUT2D eigenvalue weighted by Crippen LogP contribution is 2.30.